The van der Waals surface area contributed by atoms with Crippen LogP contribution in [-0.2, 0) is 13.1 Å². The Morgan fingerprint density at radius 3 is 1.24 bits per heavy atom. The maximum atomic E-state index is 8.25. The zero-order valence-corrected chi connectivity index (χ0v) is 20.0. The summed E-state index contributed by atoms with van der Waals surface area (Å²) in [5, 5.41) is 29.5. The molecule has 0 amide bonds. The van der Waals surface area contributed by atoms with E-state index < -0.39 is 10.2 Å². The van der Waals surface area contributed by atoms with Gasteiger partial charge in [0.05, 0.1) is 10.2 Å². The van der Waals surface area contributed by atoms with Gasteiger partial charge in [-0.2, -0.15) is 0 Å². The number of likely N-dealkylation sites (N-methyl/N-ethyl adjacent to an activating group) is 3. The van der Waals surface area contributed by atoms with Crippen LogP contribution in [0, 0.1) is 30.6 Å². The van der Waals surface area contributed by atoms with Gasteiger partial charge in [-0.15, -0.1) is 0 Å². The summed E-state index contributed by atoms with van der Waals surface area (Å²) in [6.45, 7) is 6.21. The molecule has 0 saturated heterocycles. The molecule has 13 heteroatoms. The molecule has 190 valence electrons. The Hall–Kier alpha value is -3.36. The van der Waals surface area contributed by atoms with Crippen molar-refractivity contribution in [1.82, 2.24) is 14.7 Å². The molecule has 0 radical (unpaired) electrons. The van der Waals surface area contributed by atoms with Crippen molar-refractivity contribution in [1.29, 1.82) is 0 Å². The van der Waals surface area contributed by atoms with Crippen LogP contribution >= 0.6 is 0 Å². The molecule has 6 N–H and O–H groups in total. The van der Waals surface area contributed by atoms with E-state index in [0.29, 0.717) is 0 Å². The van der Waals surface area contributed by atoms with Gasteiger partial charge in [-0.3, -0.25) is 0 Å². The van der Waals surface area contributed by atoms with Crippen molar-refractivity contribution in [3.8, 4) is 0 Å². The molecule has 2 aromatic rings. The van der Waals surface area contributed by atoms with Gasteiger partial charge in [0, 0.05) is 51.4 Å². The van der Waals surface area contributed by atoms with Gasteiger partial charge < -0.3 is 56.8 Å². The Labute approximate surface area is 199 Å². The van der Waals surface area contributed by atoms with Crippen LogP contribution in [0.5, 0.6) is 0 Å². The van der Waals surface area contributed by atoms with Gasteiger partial charge in [0.15, 0.2) is 0 Å². The number of rotatable bonds is 10. The molecule has 0 aliphatic heterocycles. The first kappa shape index (κ1) is 30.6. The Morgan fingerprint density at radius 2 is 0.941 bits per heavy atom. The van der Waals surface area contributed by atoms with E-state index in [-0.39, 0.29) is 0 Å². The van der Waals surface area contributed by atoms with E-state index in [1.165, 1.54) is 11.1 Å². The van der Waals surface area contributed by atoms with E-state index in [0.717, 1.165) is 50.6 Å². The van der Waals surface area contributed by atoms with E-state index in [1.54, 1.807) is 0 Å². The number of benzene rings is 2. The summed E-state index contributed by atoms with van der Waals surface area (Å²) < 4.78 is 0. The first-order valence-electron chi connectivity index (χ1n) is 10.4. The molecule has 34 heavy (non-hydrogen) atoms. The average molecular weight is 482 g/mol. The van der Waals surface area contributed by atoms with Crippen molar-refractivity contribution in [2.75, 3.05) is 47.3 Å². The second-order valence-electron chi connectivity index (χ2n) is 7.87. The molecule has 2 aromatic carbocycles. The minimum atomic E-state index is -1.75. The van der Waals surface area contributed by atoms with Gasteiger partial charge in [-0.1, -0.05) is 24.3 Å². The number of quaternary nitrogens is 2. The predicted molar refractivity (Wildman–Crippen MR) is 129 cm³/mol. The first-order chi connectivity index (χ1) is 15.9. The summed E-state index contributed by atoms with van der Waals surface area (Å²) in [6.07, 6.45) is 0. The zero-order chi connectivity index (χ0) is 26.1. The van der Waals surface area contributed by atoms with Crippen LogP contribution in [0.1, 0.15) is 11.1 Å². The van der Waals surface area contributed by atoms with Crippen LogP contribution < -0.4 is 11.5 Å². The molecule has 0 bridgehead atoms. The Balaban J connectivity index is 0.00000118. The molecule has 0 aliphatic rings. The fourth-order valence-corrected chi connectivity index (χ4v) is 3.03. The van der Waals surface area contributed by atoms with E-state index in [2.05, 4.69) is 83.7 Å². The van der Waals surface area contributed by atoms with Crippen LogP contribution in [0.25, 0.3) is 0 Å². The lowest BCUT2D eigenvalue weighted by molar-refractivity contribution is -0.403. The summed E-state index contributed by atoms with van der Waals surface area (Å²) in [5.41, 5.74) is 12.8. The second-order valence-corrected chi connectivity index (χ2v) is 7.87. The molecule has 0 aliphatic carbocycles. The van der Waals surface area contributed by atoms with E-state index in [1.807, 2.05) is 12.1 Å². The standard InChI is InChI=1S/C21H33N5.2NO3/c1-24(10-12-25(2)16-18-6-4-8-20(22)14-18)11-13-26(3)17-19-7-5-9-21(23)15-19;2*2-1(3)4/h4-9,14-15H,10-13,16-17,22-23H2,1-3H3;;/q;2*-1/p+2. The molecular weight excluding hydrogens is 446 g/mol. The Morgan fingerprint density at radius 1 is 0.647 bits per heavy atom. The van der Waals surface area contributed by atoms with E-state index in [9.17, 15) is 0 Å². The third-order valence-electron chi connectivity index (χ3n) is 4.61. The average Bonchev–Trinajstić information content (AvgIpc) is 2.70. The normalized spacial score (nSPS) is 10.4. The van der Waals surface area contributed by atoms with E-state index >= 15 is 0 Å². The molecule has 0 unspecified atom stereocenters. The van der Waals surface area contributed by atoms with Gasteiger partial charge in [0.1, 0.15) is 11.4 Å². The van der Waals surface area contributed by atoms with Crippen molar-refractivity contribution in [3.63, 3.8) is 0 Å². The van der Waals surface area contributed by atoms with Crippen molar-refractivity contribution in [3.05, 3.63) is 90.3 Å². The maximum absolute atomic E-state index is 8.25. The molecule has 2 rings (SSSR count). The van der Waals surface area contributed by atoms with Gasteiger partial charge in [0.25, 0.3) is 0 Å². The van der Waals surface area contributed by atoms with Crippen molar-refractivity contribution in [2.45, 2.75) is 13.1 Å². The van der Waals surface area contributed by atoms with Crippen molar-refractivity contribution >= 4 is 11.4 Å². The molecule has 0 heterocycles. The smallest absolute Gasteiger partial charge is 0.128 e. The van der Waals surface area contributed by atoms with Crippen LogP contribution in [0.2, 0.25) is 0 Å². The topological polar surface area (TPSA) is 197 Å². The van der Waals surface area contributed by atoms with Gasteiger partial charge in [-0.25, -0.2) is 0 Å². The summed E-state index contributed by atoms with van der Waals surface area (Å²) >= 11 is 0. The monoisotopic (exact) mass is 481 g/mol. The predicted octanol–water partition coefficient (Wildman–Crippen LogP) is 0.451. The Bertz CT molecular complexity index is 794. The largest absolute Gasteiger partial charge is 0.356 e. The lowest BCUT2D eigenvalue weighted by Crippen LogP contribution is -2.40. The number of nitrogens with zero attached hydrogens (tertiary/aromatic N) is 5. The lowest BCUT2D eigenvalue weighted by Gasteiger charge is -2.24. The SMILES string of the molecule is CN(CCN(C)Cc1cccc([NH3+])c1)CCN(C)Cc1cccc([NH3+])c1.O=[N+]([O-])[O-].O=[N+]([O-])[O-]. The molecule has 0 aromatic heterocycles. The van der Waals surface area contributed by atoms with Crippen molar-refractivity contribution in [2.24, 2.45) is 0 Å². The van der Waals surface area contributed by atoms with Gasteiger partial charge in [0.2, 0.25) is 0 Å². The fraction of sp³-hybridized carbons (Fsp3) is 0.429. The van der Waals surface area contributed by atoms with Crippen LogP contribution in [0.4, 0.5) is 11.4 Å². The Kier molecular flexibility index (Phi) is 15.5. The molecule has 0 fully saturated rings. The van der Waals surface area contributed by atoms with E-state index in [4.69, 9.17) is 30.6 Å². The summed E-state index contributed by atoms with van der Waals surface area (Å²) in [6, 6.07) is 16.9. The molecule has 0 atom stereocenters. The summed E-state index contributed by atoms with van der Waals surface area (Å²) in [4.78, 5) is 23.6. The molecule has 0 saturated carbocycles. The summed E-state index contributed by atoms with van der Waals surface area (Å²) in [7, 11) is 6.57. The molecular formula is C21H35N7O6. The van der Waals surface area contributed by atoms with Gasteiger partial charge >= 0.3 is 0 Å². The fourth-order valence-electron chi connectivity index (χ4n) is 3.03. The van der Waals surface area contributed by atoms with Crippen LogP contribution in [0.3, 0.4) is 0 Å². The minimum Gasteiger partial charge on any atom is -0.356 e. The first-order valence-corrected chi connectivity index (χ1v) is 10.4. The van der Waals surface area contributed by atoms with Gasteiger partial charge in [-0.05, 0) is 44.4 Å². The second kappa shape index (κ2) is 17.2. The molecule has 13 nitrogen and oxygen atoms in total. The highest BCUT2D eigenvalue weighted by atomic mass is 16.9. The lowest BCUT2D eigenvalue weighted by atomic mass is 10.2. The number of hydrogen-bond acceptors (Lipinski definition) is 9. The highest BCUT2D eigenvalue weighted by Gasteiger charge is 2.06. The highest BCUT2D eigenvalue weighted by Crippen LogP contribution is 2.08. The highest BCUT2D eigenvalue weighted by molar-refractivity contribution is 5.33. The summed E-state index contributed by atoms with van der Waals surface area (Å²) in [5.74, 6) is 0. The maximum Gasteiger partial charge on any atom is 0.128 e. The number of hydrogen-bond donors (Lipinski definition) is 2. The van der Waals surface area contributed by atoms with Crippen LogP contribution in [0.15, 0.2) is 48.5 Å². The van der Waals surface area contributed by atoms with Crippen LogP contribution in [-0.4, -0.2) is 72.2 Å². The zero-order valence-electron chi connectivity index (χ0n) is 20.0. The van der Waals surface area contributed by atoms with Crippen molar-refractivity contribution < 1.29 is 21.6 Å². The molecule has 0 spiro atoms. The quantitative estimate of drug-likeness (QED) is 0.357. The third-order valence-corrected chi connectivity index (χ3v) is 4.61. The minimum absolute atomic E-state index is 0.971. The third kappa shape index (κ3) is 18.2.